The van der Waals surface area contributed by atoms with Crippen molar-refractivity contribution in [3.63, 3.8) is 0 Å². The summed E-state index contributed by atoms with van der Waals surface area (Å²) in [5, 5.41) is 15.3. The van der Waals surface area contributed by atoms with Gasteiger partial charge in [0.1, 0.15) is 0 Å². The fourth-order valence-corrected chi connectivity index (χ4v) is 5.26. The second-order valence-corrected chi connectivity index (χ2v) is 9.03. The molecule has 30 heavy (non-hydrogen) atoms. The second kappa shape index (κ2) is 8.65. The molecule has 1 aliphatic heterocycles. The molecule has 4 rings (SSSR count). The fraction of sp³-hybridized carbons (Fsp3) is 0.455. The first-order chi connectivity index (χ1) is 14.5. The maximum absolute atomic E-state index is 12.4. The number of thiophene rings is 1. The van der Waals surface area contributed by atoms with Crippen LogP contribution in [0.25, 0.3) is 0 Å². The van der Waals surface area contributed by atoms with E-state index in [0.717, 1.165) is 41.0 Å². The van der Waals surface area contributed by atoms with Crippen LogP contribution in [0.3, 0.4) is 0 Å². The van der Waals surface area contributed by atoms with Gasteiger partial charge in [0.2, 0.25) is 6.79 Å². The van der Waals surface area contributed by atoms with Crippen molar-refractivity contribution in [3.8, 4) is 11.5 Å². The average molecular weight is 431 g/mol. The lowest BCUT2D eigenvalue weighted by atomic mass is 9.84. The molecule has 1 fully saturated rings. The third-order valence-electron chi connectivity index (χ3n) is 5.81. The lowest BCUT2D eigenvalue weighted by molar-refractivity contribution is -0.139. The van der Waals surface area contributed by atoms with Gasteiger partial charge in [-0.3, -0.25) is 9.59 Å². The van der Waals surface area contributed by atoms with E-state index in [0.29, 0.717) is 18.0 Å². The van der Waals surface area contributed by atoms with Gasteiger partial charge in [0.15, 0.2) is 11.5 Å². The quantitative estimate of drug-likeness (QED) is 0.613. The van der Waals surface area contributed by atoms with Crippen LogP contribution in [0.5, 0.6) is 11.5 Å². The Morgan fingerprint density at radius 3 is 2.57 bits per heavy atom. The van der Waals surface area contributed by atoms with Crippen molar-refractivity contribution in [2.24, 2.45) is 0 Å². The van der Waals surface area contributed by atoms with Gasteiger partial charge in [-0.05, 0) is 49.6 Å². The van der Waals surface area contributed by atoms with Crippen molar-refractivity contribution < 1.29 is 24.2 Å². The van der Waals surface area contributed by atoms with Crippen LogP contribution in [-0.4, -0.2) is 30.3 Å². The normalized spacial score (nSPS) is 17.5. The van der Waals surface area contributed by atoms with Crippen LogP contribution < -0.4 is 20.1 Å². The molecule has 0 radical (unpaired) electrons. The van der Waals surface area contributed by atoms with Crippen molar-refractivity contribution in [3.05, 3.63) is 45.6 Å². The van der Waals surface area contributed by atoms with Gasteiger partial charge in [0.25, 0.3) is 0 Å². The van der Waals surface area contributed by atoms with Gasteiger partial charge in [0, 0.05) is 28.3 Å². The summed E-state index contributed by atoms with van der Waals surface area (Å²) in [4.78, 5) is 26.8. The molecule has 2 amide bonds. The number of ether oxygens (including phenoxy) is 2. The van der Waals surface area contributed by atoms with E-state index in [1.807, 2.05) is 18.2 Å². The number of rotatable bonds is 6. The van der Waals surface area contributed by atoms with Crippen molar-refractivity contribution >= 4 is 23.2 Å². The molecule has 1 aliphatic carbocycles. The van der Waals surface area contributed by atoms with Gasteiger partial charge in [-0.2, -0.15) is 0 Å². The number of hydrogen-bond acceptors (Lipinski definition) is 6. The summed E-state index contributed by atoms with van der Waals surface area (Å²) >= 11 is 1.59. The highest BCUT2D eigenvalue weighted by molar-refractivity contribution is 7.12. The Balaban J connectivity index is 1.33. The molecule has 0 unspecified atom stereocenters. The van der Waals surface area contributed by atoms with Crippen LogP contribution in [0.2, 0.25) is 0 Å². The van der Waals surface area contributed by atoms with Crippen LogP contribution in [0, 0.1) is 0 Å². The molecule has 0 bridgehead atoms. The van der Waals surface area contributed by atoms with Gasteiger partial charge in [-0.15, -0.1) is 11.3 Å². The third kappa shape index (κ3) is 4.29. The lowest BCUT2D eigenvalue weighted by Gasteiger charge is -2.28. The molecule has 0 spiro atoms. The molecule has 1 aromatic carbocycles. The summed E-state index contributed by atoms with van der Waals surface area (Å²) < 4.78 is 10.6. The molecular formula is C22H26N2O5S. The average Bonchev–Trinajstić information content (AvgIpc) is 3.50. The summed E-state index contributed by atoms with van der Waals surface area (Å²) in [5.74, 6) is 0.0323. The molecule has 2 heterocycles. The van der Waals surface area contributed by atoms with E-state index < -0.39 is 17.9 Å². The number of amides is 2. The minimum atomic E-state index is -0.656. The molecule has 8 heteroatoms. The predicted octanol–water partition coefficient (Wildman–Crippen LogP) is 2.77. The van der Waals surface area contributed by atoms with Gasteiger partial charge in [-0.25, -0.2) is 0 Å². The first kappa shape index (κ1) is 20.7. The summed E-state index contributed by atoms with van der Waals surface area (Å²) in [7, 11) is 0. The highest BCUT2D eigenvalue weighted by Crippen LogP contribution is 2.44. The summed E-state index contributed by atoms with van der Waals surface area (Å²) in [5.41, 5.74) is 0.669. The van der Waals surface area contributed by atoms with Gasteiger partial charge < -0.3 is 25.2 Å². The zero-order valence-electron chi connectivity index (χ0n) is 16.9. The summed E-state index contributed by atoms with van der Waals surface area (Å²) in [6.45, 7) is 2.60. The summed E-state index contributed by atoms with van der Waals surface area (Å²) in [6, 6.07) is 9.41. The highest BCUT2D eigenvalue weighted by Gasteiger charge is 2.37. The molecular weight excluding hydrogens is 404 g/mol. The Bertz CT molecular complexity index is 933. The monoisotopic (exact) mass is 430 g/mol. The zero-order chi connectivity index (χ0) is 21.1. The van der Waals surface area contributed by atoms with E-state index in [9.17, 15) is 14.7 Å². The zero-order valence-corrected chi connectivity index (χ0v) is 17.7. The Labute approximate surface area is 179 Å². The van der Waals surface area contributed by atoms with Gasteiger partial charge >= 0.3 is 11.8 Å². The van der Waals surface area contributed by atoms with E-state index >= 15 is 0 Å². The van der Waals surface area contributed by atoms with E-state index in [4.69, 9.17) is 9.47 Å². The number of hydrogen-bond donors (Lipinski definition) is 3. The van der Waals surface area contributed by atoms with Crippen LogP contribution >= 0.6 is 11.3 Å². The Kier molecular flexibility index (Phi) is 5.97. The molecule has 2 aliphatic rings. The molecule has 1 aromatic heterocycles. The highest BCUT2D eigenvalue weighted by atomic mass is 32.1. The van der Waals surface area contributed by atoms with Crippen molar-refractivity contribution in [2.45, 2.75) is 50.7 Å². The Morgan fingerprint density at radius 2 is 1.83 bits per heavy atom. The molecule has 0 saturated heterocycles. The van der Waals surface area contributed by atoms with Gasteiger partial charge in [0.05, 0.1) is 6.10 Å². The summed E-state index contributed by atoms with van der Waals surface area (Å²) in [6.07, 6.45) is 3.61. The number of nitrogens with one attached hydrogen (secondary N) is 2. The van der Waals surface area contributed by atoms with Crippen molar-refractivity contribution in [1.82, 2.24) is 10.6 Å². The molecule has 3 N–H and O–H groups in total. The van der Waals surface area contributed by atoms with Crippen molar-refractivity contribution in [2.75, 3.05) is 13.3 Å². The Hall–Kier alpha value is -2.58. The van der Waals surface area contributed by atoms with E-state index in [-0.39, 0.29) is 18.8 Å². The molecule has 160 valence electrons. The molecule has 1 saturated carbocycles. The predicted molar refractivity (Wildman–Crippen MR) is 113 cm³/mol. The number of carbonyl (C=O) groups is 2. The fourth-order valence-electron chi connectivity index (χ4n) is 4.07. The number of aliphatic hydroxyl groups is 1. The maximum Gasteiger partial charge on any atom is 0.309 e. The lowest BCUT2D eigenvalue weighted by Crippen LogP contribution is -2.45. The topological polar surface area (TPSA) is 96.9 Å². The third-order valence-corrected chi connectivity index (χ3v) is 7.31. The smallest absolute Gasteiger partial charge is 0.309 e. The largest absolute Gasteiger partial charge is 0.454 e. The number of fused-ring (bicyclic) bond motifs is 1. The molecule has 7 nitrogen and oxygen atoms in total. The van der Waals surface area contributed by atoms with Crippen molar-refractivity contribution in [1.29, 1.82) is 0 Å². The van der Waals surface area contributed by atoms with Gasteiger partial charge in [-0.1, -0.05) is 18.9 Å². The minimum Gasteiger partial charge on any atom is -0.454 e. The number of carbonyl (C=O) groups excluding carboxylic acids is 2. The van der Waals surface area contributed by atoms with Crippen LogP contribution in [0.4, 0.5) is 0 Å². The first-order valence-corrected chi connectivity index (χ1v) is 11.0. The Morgan fingerprint density at radius 1 is 1.10 bits per heavy atom. The van der Waals surface area contributed by atoms with E-state index in [1.54, 1.807) is 30.4 Å². The SMILES string of the molecule is C[C@H](O)c1ccc(C2(CNC(=O)C(=O)NCc3ccc4c(c3)OCO4)CCCC2)s1. The van der Waals surface area contributed by atoms with Crippen LogP contribution in [0.1, 0.15) is 54.0 Å². The molecule has 1 atom stereocenters. The maximum atomic E-state index is 12.4. The van der Waals surface area contributed by atoms with Crippen LogP contribution in [-0.2, 0) is 21.5 Å². The standard InChI is InChI=1S/C22H26N2O5S/c1-14(25)18-6-7-19(30-18)22(8-2-3-9-22)12-24-21(27)20(26)23-11-15-4-5-16-17(10-15)29-13-28-16/h4-7,10,14,25H,2-3,8-9,11-13H2,1H3,(H,23,26)(H,24,27)/t14-/m0/s1. The second-order valence-electron chi connectivity index (χ2n) is 7.92. The molecule has 2 aromatic rings. The number of benzene rings is 1. The van der Waals surface area contributed by atoms with E-state index in [2.05, 4.69) is 10.6 Å². The minimum absolute atomic E-state index is 0.162. The first-order valence-electron chi connectivity index (χ1n) is 10.2. The van der Waals surface area contributed by atoms with Crippen LogP contribution in [0.15, 0.2) is 30.3 Å². The number of aliphatic hydroxyl groups excluding tert-OH is 1. The van der Waals surface area contributed by atoms with E-state index in [1.165, 1.54) is 0 Å².